The van der Waals surface area contributed by atoms with Crippen molar-refractivity contribution in [2.75, 3.05) is 26.8 Å². The number of carbonyl (C=O) groups excluding carboxylic acids is 1. The Morgan fingerprint density at radius 1 is 1.14 bits per heavy atom. The molecule has 1 saturated heterocycles. The molecule has 3 aromatic rings. The number of aliphatic hydroxyl groups is 1. The van der Waals surface area contributed by atoms with Gasteiger partial charge in [-0.25, -0.2) is 0 Å². The number of ether oxygens (including phenoxy) is 2. The number of hydrogen-bond acceptors (Lipinski definition) is 4. The van der Waals surface area contributed by atoms with Crippen LogP contribution in [0.15, 0.2) is 60.7 Å². The minimum absolute atomic E-state index is 0.0332. The largest absolute Gasteiger partial charge is 0.497 e. The summed E-state index contributed by atoms with van der Waals surface area (Å²) in [5.74, 6) is 0.796. The maximum absolute atomic E-state index is 12.9. The Morgan fingerprint density at radius 2 is 1.96 bits per heavy atom. The molecular formula is C23H23NO4. The van der Waals surface area contributed by atoms with Gasteiger partial charge in [-0.2, -0.15) is 0 Å². The van der Waals surface area contributed by atoms with Crippen molar-refractivity contribution in [1.29, 1.82) is 0 Å². The molecule has 3 aromatic carbocycles. The highest BCUT2D eigenvalue weighted by atomic mass is 16.5. The summed E-state index contributed by atoms with van der Waals surface area (Å²) in [6.45, 7) is 1.48. The van der Waals surface area contributed by atoms with Crippen molar-refractivity contribution in [3.63, 3.8) is 0 Å². The topological polar surface area (TPSA) is 59.0 Å². The first-order valence-electron chi connectivity index (χ1n) is 9.36. The summed E-state index contributed by atoms with van der Waals surface area (Å²) in [5, 5.41) is 11.5. The van der Waals surface area contributed by atoms with E-state index in [4.69, 9.17) is 9.47 Å². The van der Waals surface area contributed by atoms with Crippen molar-refractivity contribution in [3.8, 4) is 5.75 Å². The average Bonchev–Trinajstić information content (AvgIpc) is 2.78. The van der Waals surface area contributed by atoms with Gasteiger partial charge in [0.1, 0.15) is 11.9 Å². The Kier molecular flexibility index (Phi) is 5.28. The fourth-order valence-electron chi connectivity index (χ4n) is 3.59. The van der Waals surface area contributed by atoms with E-state index < -0.39 is 0 Å². The molecule has 0 aliphatic carbocycles. The molecule has 0 bridgehead atoms. The van der Waals surface area contributed by atoms with Gasteiger partial charge in [-0.15, -0.1) is 0 Å². The van der Waals surface area contributed by atoms with Crippen molar-refractivity contribution < 1.29 is 19.4 Å². The van der Waals surface area contributed by atoms with Crippen molar-refractivity contribution in [3.05, 3.63) is 77.4 Å². The maximum atomic E-state index is 12.9. The first kappa shape index (κ1) is 18.5. The van der Waals surface area contributed by atoms with E-state index in [1.54, 1.807) is 25.3 Å². The highest BCUT2D eigenvalue weighted by molar-refractivity contribution is 5.94. The number of morpholine rings is 1. The van der Waals surface area contributed by atoms with Crippen LogP contribution in [-0.2, 0) is 11.3 Å². The van der Waals surface area contributed by atoms with E-state index >= 15 is 0 Å². The number of hydrogen-bond donors (Lipinski definition) is 1. The lowest BCUT2D eigenvalue weighted by atomic mass is 10.0. The van der Waals surface area contributed by atoms with E-state index in [9.17, 15) is 9.90 Å². The highest BCUT2D eigenvalue weighted by Gasteiger charge is 2.26. The third-order valence-corrected chi connectivity index (χ3v) is 5.15. The van der Waals surface area contributed by atoms with Gasteiger partial charge in [0.25, 0.3) is 5.91 Å². The van der Waals surface area contributed by atoms with E-state index in [1.165, 1.54) is 0 Å². The van der Waals surface area contributed by atoms with Crippen molar-refractivity contribution >= 4 is 16.7 Å². The SMILES string of the molecule is COc1ccc2cc([C@@H]3CN(C(=O)c4cccc(CO)c4)CCO3)ccc2c1. The Labute approximate surface area is 164 Å². The summed E-state index contributed by atoms with van der Waals surface area (Å²) in [5.41, 5.74) is 2.39. The maximum Gasteiger partial charge on any atom is 0.254 e. The van der Waals surface area contributed by atoms with Crippen molar-refractivity contribution in [1.82, 2.24) is 4.90 Å². The summed E-state index contributed by atoms with van der Waals surface area (Å²) in [6, 6.07) is 19.3. The molecule has 5 nitrogen and oxygen atoms in total. The molecule has 0 unspecified atom stereocenters. The molecule has 144 valence electrons. The van der Waals surface area contributed by atoms with Crippen LogP contribution in [0.4, 0.5) is 0 Å². The minimum atomic E-state index is -0.162. The molecule has 0 saturated carbocycles. The quantitative estimate of drug-likeness (QED) is 0.755. The number of methoxy groups -OCH3 is 1. The molecule has 4 rings (SSSR count). The summed E-state index contributed by atoms with van der Waals surface area (Å²) in [7, 11) is 1.66. The molecule has 5 heteroatoms. The predicted molar refractivity (Wildman–Crippen MR) is 107 cm³/mol. The van der Waals surface area contributed by atoms with Crippen LogP contribution >= 0.6 is 0 Å². The molecule has 0 aromatic heterocycles. The fourth-order valence-corrected chi connectivity index (χ4v) is 3.59. The first-order valence-corrected chi connectivity index (χ1v) is 9.36. The van der Waals surface area contributed by atoms with Gasteiger partial charge >= 0.3 is 0 Å². The van der Waals surface area contributed by atoms with Crippen LogP contribution in [0.5, 0.6) is 5.75 Å². The number of amides is 1. The molecule has 1 atom stereocenters. The van der Waals surface area contributed by atoms with E-state index in [1.807, 2.05) is 35.2 Å². The number of nitrogens with zero attached hydrogens (tertiary/aromatic N) is 1. The van der Waals surface area contributed by atoms with E-state index in [0.29, 0.717) is 25.3 Å². The van der Waals surface area contributed by atoms with Crippen LogP contribution in [-0.4, -0.2) is 42.7 Å². The zero-order chi connectivity index (χ0) is 19.5. The molecule has 1 amide bonds. The smallest absolute Gasteiger partial charge is 0.254 e. The second-order valence-electron chi connectivity index (χ2n) is 6.94. The molecular weight excluding hydrogens is 354 g/mol. The van der Waals surface area contributed by atoms with Crippen LogP contribution < -0.4 is 4.74 Å². The van der Waals surface area contributed by atoms with Crippen LogP contribution in [0.3, 0.4) is 0 Å². The number of fused-ring (bicyclic) bond motifs is 1. The number of rotatable bonds is 4. The lowest BCUT2D eigenvalue weighted by molar-refractivity contribution is -0.0227. The summed E-state index contributed by atoms with van der Waals surface area (Å²) in [4.78, 5) is 14.7. The zero-order valence-corrected chi connectivity index (χ0v) is 15.8. The first-order chi connectivity index (χ1) is 13.7. The van der Waals surface area contributed by atoms with Gasteiger partial charge in [0.15, 0.2) is 0 Å². The van der Waals surface area contributed by atoms with E-state index in [0.717, 1.165) is 27.6 Å². The molecule has 1 aliphatic rings. The Hall–Kier alpha value is -2.89. The van der Waals surface area contributed by atoms with E-state index in [-0.39, 0.29) is 18.6 Å². The van der Waals surface area contributed by atoms with Gasteiger partial charge in [-0.1, -0.05) is 30.3 Å². The molecule has 1 aliphatic heterocycles. The Bertz CT molecular complexity index is 1000. The van der Waals surface area contributed by atoms with Gasteiger partial charge < -0.3 is 19.5 Å². The monoisotopic (exact) mass is 377 g/mol. The van der Waals surface area contributed by atoms with Gasteiger partial charge in [-0.05, 0) is 52.2 Å². The van der Waals surface area contributed by atoms with Gasteiger partial charge in [0.2, 0.25) is 0 Å². The number of benzene rings is 3. The van der Waals surface area contributed by atoms with Gasteiger partial charge in [0, 0.05) is 12.1 Å². The van der Waals surface area contributed by atoms with Crippen molar-refractivity contribution in [2.45, 2.75) is 12.7 Å². The average molecular weight is 377 g/mol. The second-order valence-corrected chi connectivity index (χ2v) is 6.94. The Morgan fingerprint density at radius 3 is 2.79 bits per heavy atom. The standard InChI is InChI=1S/C23H23NO4/c1-27-21-8-7-17-12-19(6-5-18(17)13-21)22-14-24(9-10-28-22)23(26)20-4-2-3-16(11-20)15-25/h2-8,11-13,22,25H,9-10,14-15H2,1H3/t22-/m0/s1. The third-order valence-electron chi connectivity index (χ3n) is 5.15. The van der Waals surface area contributed by atoms with Gasteiger partial charge in [-0.3, -0.25) is 4.79 Å². The van der Waals surface area contributed by atoms with Crippen LogP contribution in [0.25, 0.3) is 10.8 Å². The van der Waals surface area contributed by atoms with Crippen LogP contribution in [0, 0.1) is 0 Å². The summed E-state index contributed by atoms with van der Waals surface area (Å²) >= 11 is 0. The molecule has 1 N–H and O–H groups in total. The number of carbonyl (C=O) groups is 1. The molecule has 1 fully saturated rings. The van der Waals surface area contributed by atoms with Crippen LogP contribution in [0.2, 0.25) is 0 Å². The second kappa shape index (κ2) is 8.00. The minimum Gasteiger partial charge on any atom is -0.497 e. The molecule has 1 heterocycles. The fraction of sp³-hybridized carbons (Fsp3) is 0.261. The third kappa shape index (κ3) is 3.72. The Balaban J connectivity index is 1.54. The summed E-state index contributed by atoms with van der Waals surface area (Å²) in [6.07, 6.45) is -0.162. The predicted octanol–water partition coefficient (Wildman–Crippen LogP) is 3.55. The summed E-state index contributed by atoms with van der Waals surface area (Å²) < 4.78 is 11.2. The van der Waals surface area contributed by atoms with E-state index in [2.05, 4.69) is 12.1 Å². The lowest BCUT2D eigenvalue weighted by Crippen LogP contribution is -2.42. The molecule has 0 spiro atoms. The van der Waals surface area contributed by atoms with Gasteiger partial charge in [0.05, 0.1) is 26.9 Å². The number of aliphatic hydroxyl groups excluding tert-OH is 1. The molecule has 0 radical (unpaired) electrons. The zero-order valence-electron chi connectivity index (χ0n) is 15.8. The lowest BCUT2D eigenvalue weighted by Gasteiger charge is -2.33. The normalized spacial score (nSPS) is 16.9. The van der Waals surface area contributed by atoms with Crippen molar-refractivity contribution in [2.24, 2.45) is 0 Å². The van der Waals surface area contributed by atoms with Crippen LogP contribution in [0.1, 0.15) is 27.6 Å². The molecule has 28 heavy (non-hydrogen) atoms. The highest BCUT2D eigenvalue weighted by Crippen LogP contribution is 2.28.